The van der Waals surface area contributed by atoms with Crippen LogP contribution >= 0.6 is 0 Å². The van der Waals surface area contributed by atoms with Gasteiger partial charge in [-0.25, -0.2) is 0 Å². The molecule has 0 aromatic heterocycles. The first kappa shape index (κ1) is 12.9. The van der Waals surface area contributed by atoms with Gasteiger partial charge < -0.3 is 0 Å². The van der Waals surface area contributed by atoms with Crippen molar-refractivity contribution in [2.45, 2.75) is 9.27 Å². The minimum absolute atomic E-state index is 0. The van der Waals surface area contributed by atoms with Gasteiger partial charge in [0.2, 0.25) is 0 Å². The van der Waals surface area contributed by atoms with Gasteiger partial charge in [-0.2, -0.15) is 0 Å². The van der Waals surface area contributed by atoms with E-state index < -0.39 is 2.85 Å². The number of rotatable bonds is 3. The molecule has 3 nitrogen and oxygen atoms in total. The Morgan fingerprint density at radius 2 is 2.00 bits per heavy atom. The molecule has 0 aliphatic carbocycles. The summed E-state index contributed by atoms with van der Waals surface area (Å²) in [7, 11) is 0. The average Bonchev–Trinajstić information content (AvgIpc) is 1.67. The van der Waals surface area contributed by atoms with Crippen molar-refractivity contribution < 1.29 is 44.3 Å². The number of hydrogen-bond donors (Lipinski definition) is 0. The first-order valence-electron chi connectivity index (χ1n) is 2.23. The number of aldehydes is 2. The van der Waals surface area contributed by atoms with Crippen molar-refractivity contribution in [3.8, 4) is 0 Å². The van der Waals surface area contributed by atoms with Crippen LogP contribution in [-0.4, -0.2) is 43.4 Å². The fraction of sp³-hybridized carbons (Fsp3) is 0.500. The van der Waals surface area contributed by atoms with Crippen molar-refractivity contribution in [2.24, 2.45) is 0 Å². The number of carbonyl (C=O) groups excluding carboxylic acids is 2. The van der Waals surface area contributed by atoms with Crippen molar-refractivity contribution in [1.29, 1.82) is 0 Å². The molecule has 1 unspecified atom stereocenters. The molecule has 0 aliphatic heterocycles. The molecule has 0 saturated heterocycles. The summed E-state index contributed by atoms with van der Waals surface area (Å²) in [5.74, 6) is 0. The number of hydrogen-bond acceptors (Lipinski definition) is 3. The molecule has 0 aliphatic rings. The molecule has 0 N–H and O–H groups in total. The van der Waals surface area contributed by atoms with Gasteiger partial charge in [0, 0.05) is 0 Å². The summed E-state index contributed by atoms with van der Waals surface area (Å²) < 4.78 is -1.57. The smallest absolute Gasteiger partial charge is 1.00 e. The summed E-state index contributed by atoms with van der Waals surface area (Å²) in [5, 5.41) is 10.5. The van der Waals surface area contributed by atoms with Crippen molar-refractivity contribution >= 4 is 40.5 Å². The normalized spacial score (nSPS) is 15.0. The third-order valence-corrected chi connectivity index (χ3v) is 1.38. The predicted octanol–water partition coefficient (Wildman–Crippen LogP) is -5.00. The minimum Gasteiger partial charge on any atom is 1.00 e. The fourth-order valence-electron chi connectivity index (χ4n) is 0.214. The molecule has 0 spiro atoms. The van der Waals surface area contributed by atoms with Crippen LogP contribution in [0.2, 0.25) is 0 Å². The maximum atomic E-state index is 10.5. The summed E-state index contributed by atoms with van der Waals surface area (Å²) >= 11 is 0.204. The van der Waals surface area contributed by atoms with Crippen molar-refractivity contribution in [2.75, 3.05) is 0 Å². The zero-order chi connectivity index (χ0) is 6.62. The van der Waals surface area contributed by atoms with Crippen LogP contribution in [0.5, 0.6) is 0 Å². The molecule has 0 amide bonds. The molecular formula is C4H4Na2O3. The topological polar surface area (TPSA) is 57.2 Å². The maximum Gasteiger partial charge on any atom is 1.00 e. The van der Waals surface area contributed by atoms with E-state index in [1.807, 2.05) is 0 Å². The Morgan fingerprint density at radius 1 is 1.56 bits per heavy atom. The van der Waals surface area contributed by atoms with Crippen LogP contribution in [0.15, 0.2) is 0 Å². The first-order chi connectivity index (χ1) is 3.62. The van der Waals surface area contributed by atoms with Gasteiger partial charge in [0.1, 0.15) is 0 Å². The van der Waals surface area contributed by atoms with E-state index in [0.29, 0.717) is 12.6 Å². The SMILES string of the molecule is O=CC[C]([O-])([Na])C=O.[Na+]. The van der Waals surface area contributed by atoms with Gasteiger partial charge >= 0.3 is 94.0 Å². The van der Waals surface area contributed by atoms with Crippen LogP contribution in [0.3, 0.4) is 0 Å². The maximum absolute atomic E-state index is 10.5. The molecule has 0 saturated carbocycles. The average molecular weight is 146 g/mol. The van der Waals surface area contributed by atoms with Gasteiger partial charge in [-0.3, -0.25) is 0 Å². The van der Waals surface area contributed by atoms with Crippen molar-refractivity contribution in [1.82, 2.24) is 0 Å². The first-order valence-corrected chi connectivity index (χ1v) is 3.23. The fourth-order valence-corrected chi connectivity index (χ4v) is 0.380. The molecule has 0 rings (SSSR count). The van der Waals surface area contributed by atoms with E-state index in [1.165, 1.54) is 0 Å². The summed E-state index contributed by atoms with van der Waals surface area (Å²) in [5.41, 5.74) is 0. The van der Waals surface area contributed by atoms with Crippen molar-refractivity contribution in [3.05, 3.63) is 0 Å². The van der Waals surface area contributed by atoms with E-state index in [-0.39, 0.29) is 63.9 Å². The van der Waals surface area contributed by atoms with Gasteiger partial charge in [-0.05, 0) is 0 Å². The summed E-state index contributed by atoms with van der Waals surface area (Å²) in [6.07, 6.45) is 0.602. The van der Waals surface area contributed by atoms with Crippen LogP contribution in [0.25, 0.3) is 0 Å². The molecule has 1 atom stereocenters. The Labute approximate surface area is 92.9 Å². The van der Waals surface area contributed by atoms with E-state index in [1.54, 1.807) is 0 Å². The third-order valence-electron chi connectivity index (χ3n) is 0.738. The molecule has 0 radical (unpaired) electrons. The second kappa shape index (κ2) is 6.04. The second-order valence-electron chi connectivity index (χ2n) is 1.80. The molecule has 0 fully saturated rings. The van der Waals surface area contributed by atoms with Gasteiger partial charge in [-0.15, -0.1) is 0 Å². The van der Waals surface area contributed by atoms with Gasteiger partial charge in [-0.1, -0.05) is 0 Å². The molecule has 0 bridgehead atoms. The van der Waals surface area contributed by atoms with E-state index in [2.05, 4.69) is 0 Å². The Bertz CT molecular complexity index is 102. The summed E-state index contributed by atoms with van der Waals surface area (Å²) in [6.45, 7) is 0. The van der Waals surface area contributed by atoms with E-state index >= 15 is 0 Å². The Hall–Kier alpha value is 1.30. The molecule has 5 heteroatoms. The van der Waals surface area contributed by atoms with Gasteiger partial charge in [0.15, 0.2) is 0 Å². The Kier molecular flexibility index (Phi) is 8.68. The quantitative estimate of drug-likeness (QED) is 0.296. The second-order valence-corrected chi connectivity index (χ2v) is 3.49. The zero-order valence-corrected chi connectivity index (χ0v) is 9.59. The summed E-state index contributed by atoms with van der Waals surface area (Å²) in [6, 6.07) is 0. The van der Waals surface area contributed by atoms with Crippen LogP contribution < -0.4 is 34.7 Å². The molecule has 0 aromatic carbocycles. The molecular weight excluding hydrogens is 142 g/mol. The van der Waals surface area contributed by atoms with E-state index in [9.17, 15) is 14.7 Å². The van der Waals surface area contributed by atoms with E-state index in [0.717, 1.165) is 0 Å². The van der Waals surface area contributed by atoms with Crippen LogP contribution in [-0.2, 0) is 9.59 Å². The van der Waals surface area contributed by atoms with Crippen LogP contribution in [0.4, 0.5) is 0 Å². The van der Waals surface area contributed by atoms with E-state index in [4.69, 9.17) is 0 Å². The molecule has 40 valence electrons. The Balaban J connectivity index is 0. The largest absolute Gasteiger partial charge is 1.00 e. The third kappa shape index (κ3) is 7.19. The molecule has 0 aromatic rings. The van der Waals surface area contributed by atoms with Crippen molar-refractivity contribution in [3.63, 3.8) is 0 Å². The van der Waals surface area contributed by atoms with Gasteiger partial charge in [0.05, 0.1) is 0 Å². The van der Waals surface area contributed by atoms with Crippen LogP contribution in [0.1, 0.15) is 6.42 Å². The Morgan fingerprint density at radius 3 is 2.11 bits per heavy atom. The van der Waals surface area contributed by atoms with Gasteiger partial charge in [0.25, 0.3) is 0 Å². The predicted molar refractivity (Wildman–Crippen MR) is 25.2 cm³/mol. The zero-order valence-electron chi connectivity index (χ0n) is 5.59. The molecule has 0 heterocycles. The monoisotopic (exact) mass is 146 g/mol. The summed E-state index contributed by atoms with van der Waals surface area (Å²) in [4.78, 5) is 19.4. The number of carbonyl (C=O) groups is 2. The van der Waals surface area contributed by atoms with Crippen LogP contribution in [0, 0.1) is 0 Å². The molecule has 9 heavy (non-hydrogen) atoms. The standard InChI is InChI=1S/C4H4O3.2Na/c5-2-1-4(7)3-6;;/h2-3H,1H2;;/q-1;;+1. The minimum atomic E-state index is -1.57.